The summed E-state index contributed by atoms with van der Waals surface area (Å²) in [5, 5.41) is 0. The highest BCUT2D eigenvalue weighted by Crippen LogP contribution is 2.22. The van der Waals surface area contributed by atoms with E-state index in [1.165, 1.54) is 7.11 Å². The van der Waals surface area contributed by atoms with Crippen LogP contribution < -0.4 is 0 Å². The zero-order valence-corrected chi connectivity index (χ0v) is 8.29. The van der Waals surface area contributed by atoms with E-state index in [0.29, 0.717) is 13.0 Å². The summed E-state index contributed by atoms with van der Waals surface area (Å²) in [5.74, 6) is -0.321. The monoisotopic (exact) mass is 185 g/mol. The van der Waals surface area contributed by atoms with Crippen LogP contribution in [0.1, 0.15) is 26.7 Å². The molecular formula is C9H15NO3. The average molecular weight is 185 g/mol. The molecule has 0 N–H and O–H groups in total. The molecular weight excluding hydrogens is 170 g/mol. The molecule has 0 aromatic rings. The van der Waals surface area contributed by atoms with Crippen molar-refractivity contribution < 1.29 is 14.3 Å². The summed E-state index contributed by atoms with van der Waals surface area (Å²) in [4.78, 5) is 24.3. The van der Waals surface area contributed by atoms with Gasteiger partial charge in [-0.15, -0.1) is 0 Å². The fourth-order valence-corrected chi connectivity index (χ4v) is 1.60. The minimum absolute atomic E-state index is 0.0374. The van der Waals surface area contributed by atoms with E-state index in [1.54, 1.807) is 18.7 Å². The molecule has 1 heterocycles. The molecule has 0 radical (unpaired) electrons. The average Bonchev–Trinajstić information content (AvgIpc) is 2.50. The van der Waals surface area contributed by atoms with Crippen LogP contribution in [-0.4, -0.2) is 36.0 Å². The Bertz CT molecular complexity index is 235. The first-order chi connectivity index (χ1) is 6.00. The zero-order valence-electron chi connectivity index (χ0n) is 8.29. The van der Waals surface area contributed by atoms with Crippen molar-refractivity contribution in [2.75, 3.05) is 13.7 Å². The third kappa shape index (κ3) is 1.66. The fraction of sp³-hybridized carbons (Fsp3) is 0.778. The number of ether oxygens (including phenoxy) is 1. The van der Waals surface area contributed by atoms with Crippen molar-refractivity contribution in [1.29, 1.82) is 0 Å². The largest absolute Gasteiger partial charge is 0.467 e. The van der Waals surface area contributed by atoms with Crippen molar-refractivity contribution in [3.63, 3.8) is 0 Å². The first-order valence-electron chi connectivity index (χ1n) is 4.39. The molecule has 0 atom stereocenters. The van der Waals surface area contributed by atoms with Crippen LogP contribution in [0.15, 0.2) is 0 Å². The van der Waals surface area contributed by atoms with Crippen LogP contribution in [0.25, 0.3) is 0 Å². The summed E-state index contributed by atoms with van der Waals surface area (Å²) in [6.45, 7) is 4.07. The van der Waals surface area contributed by atoms with Gasteiger partial charge >= 0.3 is 5.97 Å². The number of hydrogen-bond donors (Lipinski definition) is 0. The summed E-state index contributed by atoms with van der Waals surface area (Å²) in [6, 6.07) is 0. The van der Waals surface area contributed by atoms with Gasteiger partial charge in [0.25, 0.3) is 0 Å². The number of carbonyl (C=O) groups is 2. The van der Waals surface area contributed by atoms with Crippen LogP contribution in [0.2, 0.25) is 0 Å². The number of esters is 1. The molecule has 0 saturated carbocycles. The number of hydrogen-bond acceptors (Lipinski definition) is 3. The number of methoxy groups -OCH3 is 1. The Labute approximate surface area is 77.8 Å². The van der Waals surface area contributed by atoms with Crippen LogP contribution >= 0.6 is 0 Å². The van der Waals surface area contributed by atoms with E-state index in [2.05, 4.69) is 4.74 Å². The van der Waals surface area contributed by atoms with Crippen LogP contribution in [0, 0.1) is 0 Å². The smallest absolute Gasteiger partial charge is 0.331 e. The highest BCUT2D eigenvalue weighted by atomic mass is 16.5. The highest BCUT2D eigenvalue weighted by Gasteiger charge is 2.40. The van der Waals surface area contributed by atoms with Gasteiger partial charge in [0.05, 0.1) is 7.11 Å². The topological polar surface area (TPSA) is 46.6 Å². The molecule has 1 rings (SSSR count). The van der Waals surface area contributed by atoms with E-state index in [0.717, 1.165) is 6.42 Å². The molecule has 0 unspecified atom stereocenters. The normalized spacial score (nSPS) is 17.8. The number of rotatable bonds is 2. The molecule has 4 heteroatoms. The summed E-state index contributed by atoms with van der Waals surface area (Å²) in [5.41, 5.74) is -0.817. The molecule has 0 bridgehead atoms. The standard InChI is InChI=1S/C9H15NO3/c1-9(2,8(12)13-3)10-6-4-5-7(10)11/h4-6H2,1-3H3. The van der Waals surface area contributed by atoms with Gasteiger partial charge in [-0.3, -0.25) is 4.79 Å². The van der Waals surface area contributed by atoms with Crippen LogP contribution in [0.4, 0.5) is 0 Å². The first kappa shape index (κ1) is 10.0. The Balaban J connectivity index is 2.79. The molecule has 1 amide bonds. The summed E-state index contributed by atoms with van der Waals surface area (Å²) in [6.07, 6.45) is 1.37. The third-order valence-electron chi connectivity index (χ3n) is 2.43. The SMILES string of the molecule is COC(=O)C(C)(C)N1CCCC1=O. The van der Waals surface area contributed by atoms with E-state index >= 15 is 0 Å². The molecule has 1 fully saturated rings. The lowest BCUT2D eigenvalue weighted by molar-refractivity contribution is -0.157. The van der Waals surface area contributed by atoms with Gasteiger partial charge in [0.2, 0.25) is 5.91 Å². The van der Waals surface area contributed by atoms with E-state index in [4.69, 9.17) is 0 Å². The van der Waals surface area contributed by atoms with Crippen LogP contribution in [-0.2, 0) is 14.3 Å². The van der Waals surface area contributed by atoms with Crippen molar-refractivity contribution in [3.05, 3.63) is 0 Å². The van der Waals surface area contributed by atoms with E-state index < -0.39 is 5.54 Å². The van der Waals surface area contributed by atoms with Gasteiger partial charge in [-0.1, -0.05) is 0 Å². The predicted octanol–water partition coefficient (Wildman–Crippen LogP) is 0.560. The maximum Gasteiger partial charge on any atom is 0.331 e. The number of amides is 1. The van der Waals surface area contributed by atoms with Crippen molar-refractivity contribution in [2.24, 2.45) is 0 Å². The van der Waals surface area contributed by atoms with Gasteiger partial charge in [-0.25, -0.2) is 4.79 Å². The maximum absolute atomic E-state index is 11.4. The molecule has 0 aromatic carbocycles. The van der Waals surface area contributed by atoms with Gasteiger partial charge < -0.3 is 9.64 Å². The Morgan fingerprint density at radius 2 is 2.15 bits per heavy atom. The van der Waals surface area contributed by atoms with E-state index in [9.17, 15) is 9.59 Å². The van der Waals surface area contributed by atoms with Crippen molar-refractivity contribution in [1.82, 2.24) is 4.90 Å². The number of likely N-dealkylation sites (tertiary alicyclic amines) is 1. The van der Waals surface area contributed by atoms with Gasteiger partial charge in [0.15, 0.2) is 0 Å². The second-order valence-corrected chi connectivity index (χ2v) is 3.70. The molecule has 1 aliphatic heterocycles. The Morgan fingerprint density at radius 1 is 1.54 bits per heavy atom. The van der Waals surface area contributed by atoms with Crippen molar-refractivity contribution in [2.45, 2.75) is 32.2 Å². The molecule has 74 valence electrons. The summed E-state index contributed by atoms with van der Waals surface area (Å²) in [7, 11) is 1.34. The van der Waals surface area contributed by atoms with E-state index in [1.807, 2.05) is 0 Å². The van der Waals surface area contributed by atoms with Crippen LogP contribution in [0.3, 0.4) is 0 Å². The Morgan fingerprint density at radius 3 is 2.54 bits per heavy atom. The molecule has 1 aliphatic rings. The second-order valence-electron chi connectivity index (χ2n) is 3.70. The minimum Gasteiger partial charge on any atom is -0.467 e. The fourth-order valence-electron chi connectivity index (χ4n) is 1.60. The molecule has 0 aliphatic carbocycles. The van der Waals surface area contributed by atoms with Gasteiger partial charge in [-0.05, 0) is 20.3 Å². The van der Waals surface area contributed by atoms with Gasteiger partial charge in [0, 0.05) is 13.0 Å². The number of nitrogens with zero attached hydrogens (tertiary/aromatic N) is 1. The second kappa shape index (κ2) is 3.36. The van der Waals surface area contributed by atoms with Crippen molar-refractivity contribution in [3.8, 4) is 0 Å². The maximum atomic E-state index is 11.4. The predicted molar refractivity (Wildman–Crippen MR) is 47.0 cm³/mol. The number of carbonyl (C=O) groups excluding carboxylic acids is 2. The lowest BCUT2D eigenvalue weighted by Crippen LogP contribution is -2.51. The highest BCUT2D eigenvalue weighted by molar-refractivity contribution is 5.88. The van der Waals surface area contributed by atoms with Crippen molar-refractivity contribution >= 4 is 11.9 Å². The molecule has 4 nitrogen and oxygen atoms in total. The third-order valence-corrected chi connectivity index (χ3v) is 2.43. The lowest BCUT2D eigenvalue weighted by Gasteiger charge is -2.32. The quantitative estimate of drug-likeness (QED) is 0.590. The Kier molecular flexibility index (Phi) is 2.59. The summed E-state index contributed by atoms with van der Waals surface area (Å²) >= 11 is 0. The van der Waals surface area contributed by atoms with E-state index in [-0.39, 0.29) is 11.9 Å². The Hall–Kier alpha value is -1.06. The van der Waals surface area contributed by atoms with Gasteiger partial charge in [-0.2, -0.15) is 0 Å². The molecule has 0 spiro atoms. The van der Waals surface area contributed by atoms with Gasteiger partial charge in [0.1, 0.15) is 5.54 Å². The molecule has 0 aromatic heterocycles. The molecule has 1 saturated heterocycles. The molecule has 13 heavy (non-hydrogen) atoms. The first-order valence-corrected chi connectivity index (χ1v) is 4.39. The minimum atomic E-state index is -0.817. The summed E-state index contributed by atoms with van der Waals surface area (Å²) < 4.78 is 4.64. The lowest BCUT2D eigenvalue weighted by atomic mass is 10.0. The van der Waals surface area contributed by atoms with Crippen LogP contribution in [0.5, 0.6) is 0 Å². The zero-order chi connectivity index (χ0) is 10.1.